The van der Waals surface area contributed by atoms with Crippen LogP contribution in [-0.2, 0) is 4.74 Å². The zero-order valence-corrected chi connectivity index (χ0v) is 15.7. The fourth-order valence-electron chi connectivity index (χ4n) is 2.84. The van der Waals surface area contributed by atoms with Crippen molar-refractivity contribution in [2.45, 2.75) is 33.6 Å². The Hall–Kier alpha value is -2.55. The Labute approximate surface area is 150 Å². The Balaban J connectivity index is 2.41. The smallest absolute Gasteiger partial charge is 0.337 e. The molecule has 0 aromatic heterocycles. The van der Waals surface area contributed by atoms with Crippen molar-refractivity contribution in [2.24, 2.45) is 0 Å². The topological polar surface area (TPSA) is 35.5 Å². The van der Waals surface area contributed by atoms with Gasteiger partial charge in [-0.3, -0.25) is 0 Å². The van der Waals surface area contributed by atoms with Crippen LogP contribution in [0, 0.1) is 6.92 Å². The van der Waals surface area contributed by atoms with Crippen molar-refractivity contribution in [3.63, 3.8) is 0 Å². The molecule has 2 rings (SSSR count). The monoisotopic (exact) mass is 338 g/mol. The molecule has 2 aromatic carbocycles. The summed E-state index contributed by atoms with van der Waals surface area (Å²) in [6.45, 7) is 13.3. The lowest BCUT2D eigenvalue weighted by Gasteiger charge is -2.18. The van der Waals surface area contributed by atoms with Gasteiger partial charge in [0, 0.05) is 0 Å². The highest BCUT2D eigenvalue weighted by molar-refractivity contribution is 5.90. The van der Waals surface area contributed by atoms with Crippen LogP contribution < -0.4 is 4.74 Å². The van der Waals surface area contributed by atoms with Crippen molar-refractivity contribution in [3.05, 3.63) is 70.8 Å². The molecule has 3 nitrogen and oxygen atoms in total. The molecule has 0 saturated heterocycles. The molecule has 0 heterocycles. The standard InChI is InChI=1S/C22H26O3/c1-7-25-21-12-15(4)20(13-19(21)14(2)3)16(5)17-8-10-18(11-9-17)22(23)24-6/h8-14H,5,7H2,1-4,6H3. The van der Waals surface area contributed by atoms with Gasteiger partial charge in [0.1, 0.15) is 5.75 Å². The summed E-state index contributed by atoms with van der Waals surface area (Å²) >= 11 is 0. The van der Waals surface area contributed by atoms with Gasteiger partial charge < -0.3 is 9.47 Å². The average molecular weight is 338 g/mol. The number of esters is 1. The lowest BCUT2D eigenvalue weighted by atomic mass is 9.90. The van der Waals surface area contributed by atoms with Gasteiger partial charge >= 0.3 is 5.97 Å². The minimum atomic E-state index is -0.337. The first-order chi connectivity index (χ1) is 11.9. The third-order valence-electron chi connectivity index (χ3n) is 4.26. The van der Waals surface area contributed by atoms with Crippen molar-refractivity contribution in [1.82, 2.24) is 0 Å². The molecule has 0 fully saturated rings. The average Bonchev–Trinajstić information content (AvgIpc) is 2.60. The summed E-state index contributed by atoms with van der Waals surface area (Å²) in [7, 11) is 1.38. The summed E-state index contributed by atoms with van der Waals surface area (Å²) < 4.78 is 10.5. The van der Waals surface area contributed by atoms with E-state index >= 15 is 0 Å². The fourth-order valence-corrected chi connectivity index (χ4v) is 2.84. The number of aryl methyl sites for hydroxylation is 1. The van der Waals surface area contributed by atoms with Gasteiger partial charge in [0.15, 0.2) is 0 Å². The molecule has 0 aliphatic rings. The SMILES string of the molecule is C=C(c1ccc(C(=O)OC)cc1)c1cc(C(C)C)c(OCC)cc1C. The van der Waals surface area contributed by atoms with Crippen LogP contribution in [0.1, 0.15) is 59.3 Å². The molecule has 0 atom stereocenters. The molecule has 0 unspecified atom stereocenters. The second-order valence-electron chi connectivity index (χ2n) is 6.34. The highest BCUT2D eigenvalue weighted by Crippen LogP contribution is 2.34. The molecule has 132 valence electrons. The Bertz CT molecular complexity index is 771. The number of carbonyl (C=O) groups is 1. The summed E-state index contributed by atoms with van der Waals surface area (Å²) in [5, 5.41) is 0. The molecule has 0 amide bonds. The second-order valence-corrected chi connectivity index (χ2v) is 6.34. The number of hydrogen-bond donors (Lipinski definition) is 0. The molecule has 0 saturated carbocycles. The first-order valence-corrected chi connectivity index (χ1v) is 8.54. The molecule has 2 aromatic rings. The van der Waals surface area contributed by atoms with Gasteiger partial charge in [0.25, 0.3) is 0 Å². The minimum Gasteiger partial charge on any atom is -0.494 e. The number of carbonyl (C=O) groups excluding carboxylic acids is 1. The maximum atomic E-state index is 11.6. The summed E-state index contributed by atoms with van der Waals surface area (Å²) in [6.07, 6.45) is 0. The van der Waals surface area contributed by atoms with E-state index in [1.54, 1.807) is 12.1 Å². The fraction of sp³-hybridized carbons (Fsp3) is 0.318. The first kappa shape index (κ1) is 18.8. The Kier molecular flexibility index (Phi) is 6.02. The van der Waals surface area contributed by atoms with E-state index in [9.17, 15) is 4.79 Å². The summed E-state index contributed by atoms with van der Waals surface area (Å²) in [5.41, 5.74) is 5.83. The predicted octanol–water partition coefficient (Wildman–Crippen LogP) is 5.37. The molecule has 3 heteroatoms. The van der Waals surface area contributed by atoms with Crippen LogP contribution in [0.3, 0.4) is 0 Å². The molecule has 0 bridgehead atoms. The third-order valence-corrected chi connectivity index (χ3v) is 4.26. The van der Waals surface area contributed by atoms with Gasteiger partial charge in [-0.05, 0) is 71.9 Å². The van der Waals surface area contributed by atoms with Crippen LogP contribution in [0.2, 0.25) is 0 Å². The van der Waals surface area contributed by atoms with Crippen molar-refractivity contribution in [1.29, 1.82) is 0 Å². The maximum Gasteiger partial charge on any atom is 0.337 e. The third kappa shape index (κ3) is 4.11. The largest absolute Gasteiger partial charge is 0.494 e. The number of hydrogen-bond acceptors (Lipinski definition) is 3. The van der Waals surface area contributed by atoms with E-state index in [2.05, 4.69) is 39.5 Å². The van der Waals surface area contributed by atoms with Gasteiger partial charge in [0.2, 0.25) is 0 Å². The van der Waals surface area contributed by atoms with Gasteiger partial charge in [-0.25, -0.2) is 4.79 Å². The van der Waals surface area contributed by atoms with E-state index in [-0.39, 0.29) is 5.97 Å². The Morgan fingerprint density at radius 1 is 1.12 bits per heavy atom. The van der Waals surface area contributed by atoms with Gasteiger partial charge in [-0.1, -0.05) is 32.6 Å². The molecular formula is C22H26O3. The predicted molar refractivity (Wildman–Crippen MR) is 102 cm³/mol. The second kappa shape index (κ2) is 8.02. The highest BCUT2D eigenvalue weighted by atomic mass is 16.5. The van der Waals surface area contributed by atoms with E-state index < -0.39 is 0 Å². The van der Waals surface area contributed by atoms with Crippen LogP contribution >= 0.6 is 0 Å². The number of benzene rings is 2. The molecule has 0 aliphatic heterocycles. The quantitative estimate of drug-likeness (QED) is 0.665. The van der Waals surface area contributed by atoms with Crippen molar-refractivity contribution in [3.8, 4) is 5.75 Å². The molecule has 0 radical (unpaired) electrons. The van der Waals surface area contributed by atoms with Crippen molar-refractivity contribution >= 4 is 11.5 Å². The minimum absolute atomic E-state index is 0.337. The van der Waals surface area contributed by atoms with E-state index in [0.29, 0.717) is 18.1 Å². The van der Waals surface area contributed by atoms with Crippen molar-refractivity contribution < 1.29 is 14.3 Å². The van der Waals surface area contributed by atoms with Crippen molar-refractivity contribution in [2.75, 3.05) is 13.7 Å². The summed E-state index contributed by atoms with van der Waals surface area (Å²) in [5.74, 6) is 0.958. The molecule has 0 aliphatic carbocycles. The molecule has 0 N–H and O–H groups in total. The zero-order chi connectivity index (χ0) is 18.6. The van der Waals surface area contributed by atoms with Crippen LogP contribution in [0.25, 0.3) is 5.57 Å². The van der Waals surface area contributed by atoms with Crippen LogP contribution in [0.4, 0.5) is 0 Å². The number of methoxy groups -OCH3 is 1. The first-order valence-electron chi connectivity index (χ1n) is 8.54. The number of ether oxygens (including phenoxy) is 2. The summed E-state index contributed by atoms with van der Waals surface area (Å²) in [6, 6.07) is 11.6. The van der Waals surface area contributed by atoms with Gasteiger partial charge in [0.05, 0.1) is 19.3 Å². The lowest BCUT2D eigenvalue weighted by molar-refractivity contribution is 0.0600. The Morgan fingerprint density at radius 3 is 2.24 bits per heavy atom. The van der Waals surface area contributed by atoms with Crippen LogP contribution in [-0.4, -0.2) is 19.7 Å². The van der Waals surface area contributed by atoms with E-state index in [0.717, 1.165) is 28.0 Å². The van der Waals surface area contributed by atoms with Gasteiger partial charge in [-0.2, -0.15) is 0 Å². The Morgan fingerprint density at radius 2 is 1.72 bits per heavy atom. The van der Waals surface area contributed by atoms with E-state index in [1.807, 2.05) is 19.1 Å². The molecule has 0 spiro atoms. The lowest BCUT2D eigenvalue weighted by Crippen LogP contribution is -2.02. The molecule has 25 heavy (non-hydrogen) atoms. The molecular weight excluding hydrogens is 312 g/mol. The highest BCUT2D eigenvalue weighted by Gasteiger charge is 2.14. The summed E-state index contributed by atoms with van der Waals surface area (Å²) in [4.78, 5) is 11.6. The maximum absolute atomic E-state index is 11.6. The van der Waals surface area contributed by atoms with Gasteiger partial charge in [-0.15, -0.1) is 0 Å². The van der Waals surface area contributed by atoms with E-state index in [1.165, 1.54) is 12.7 Å². The van der Waals surface area contributed by atoms with Crippen LogP contribution in [0.15, 0.2) is 43.0 Å². The number of rotatable bonds is 6. The van der Waals surface area contributed by atoms with Crippen LogP contribution in [0.5, 0.6) is 5.75 Å². The zero-order valence-electron chi connectivity index (χ0n) is 15.7. The normalized spacial score (nSPS) is 10.6. The van der Waals surface area contributed by atoms with E-state index in [4.69, 9.17) is 9.47 Å².